The molecule has 0 aliphatic rings. The highest BCUT2D eigenvalue weighted by atomic mass is 16.4. The van der Waals surface area contributed by atoms with Crippen LogP contribution in [0.25, 0.3) is 17.1 Å². The van der Waals surface area contributed by atoms with Gasteiger partial charge in [-0.05, 0) is 19.9 Å². The second-order valence-corrected chi connectivity index (χ2v) is 4.32. The number of aryl methyl sites for hydroxylation is 3. The summed E-state index contributed by atoms with van der Waals surface area (Å²) in [7, 11) is 0. The molecule has 1 N–H and O–H groups in total. The van der Waals surface area contributed by atoms with Gasteiger partial charge in [0.2, 0.25) is 0 Å². The van der Waals surface area contributed by atoms with Crippen LogP contribution in [0.15, 0.2) is 12.3 Å². The number of aliphatic carboxylic acids is 1. The van der Waals surface area contributed by atoms with Crippen LogP contribution < -0.4 is 0 Å². The lowest BCUT2D eigenvalue weighted by Gasteiger charge is -2.03. The van der Waals surface area contributed by atoms with Gasteiger partial charge in [-0.3, -0.25) is 0 Å². The van der Waals surface area contributed by atoms with Gasteiger partial charge in [-0.2, -0.15) is 0 Å². The van der Waals surface area contributed by atoms with E-state index in [1.165, 1.54) is 0 Å². The molecular formula is C14H17N3O2. The van der Waals surface area contributed by atoms with Crippen LogP contribution in [0.4, 0.5) is 0 Å². The molecule has 0 saturated carbocycles. The van der Waals surface area contributed by atoms with Crippen molar-refractivity contribution in [2.24, 2.45) is 0 Å². The maximum absolute atomic E-state index is 10.6. The van der Waals surface area contributed by atoms with E-state index in [0.717, 1.165) is 47.2 Å². The number of fused-ring (bicyclic) bond motifs is 1. The molecule has 0 spiro atoms. The lowest BCUT2D eigenvalue weighted by atomic mass is 10.2. The molecule has 100 valence electrons. The molecule has 0 atom stereocenters. The zero-order chi connectivity index (χ0) is 14.0. The normalized spacial score (nSPS) is 11.5. The highest BCUT2D eigenvalue weighted by molar-refractivity contribution is 5.93. The standard InChI is InChI=1S/C14H17N3O2/c1-4-11-15-9(3)13-10(6-7-12(18)19)8-17(5-2)14(13)16-11/h6-8H,4-5H2,1-3H3,(H,18,19)/b7-6+. The first kappa shape index (κ1) is 13.3. The highest BCUT2D eigenvalue weighted by Gasteiger charge is 2.12. The van der Waals surface area contributed by atoms with Crippen LogP contribution in [0, 0.1) is 6.92 Å². The molecule has 19 heavy (non-hydrogen) atoms. The van der Waals surface area contributed by atoms with E-state index in [0.29, 0.717) is 0 Å². The molecule has 0 aromatic carbocycles. The van der Waals surface area contributed by atoms with Gasteiger partial charge in [0.15, 0.2) is 0 Å². The first-order chi connectivity index (χ1) is 9.06. The second kappa shape index (κ2) is 5.22. The molecule has 2 aromatic rings. The summed E-state index contributed by atoms with van der Waals surface area (Å²) in [6.07, 6.45) is 5.44. The number of aromatic nitrogens is 3. The number of hydrogen-bond donors (Lipinski definition) is 1. The summed E-state index contributed by atoms with van der Waals surface area (Å²) in [5.41, 5.74) is 2.61. The van der Waals surface area contributed by atoms with Crippen molar-refractivity contribution < 1.29 is 9.90 Å². The predicted molar refractivity (Wildman–Crippen MR) is 74.0 cm³/mol. The monoisotopic (exact) mass is 259 g/mol. The Bertz CT molecular complexity index is 656. The smallest absolute Gasteiger partial charge is 0.328 e. The minimum Gasteiger partial charge on any atom is -0.478 e. The first-order valence-electron chi connectivity index (χ1n) is 6.34. The van der Waals surface area contributed by atoms with E-state index >= 15 is 0 Å². The Morgan fingerprint density at radius 3 is 2.74 bits per heavy atom. The average Bonchev–Trinajstić information content (AvgIpc) is 2.74. The Kier molecular flexibility index (Phi) is 3.64. The van der Waals surface area contributed by atoms with E-state index in [2.05, 4.69) is 9.97 Å². The van der Waals surface area contributed by atoms with Crippen molar-refractivity contribution in [1.82, 2.24) is 14.5 Å². The van der Waals surface area contributed by atoms with Gasteiger partial charge in [-0.1, -0.05) is 6.92 Å². The highest BCUT2D eigenvalue weighted by Crippen LogP contribution is 2.24. The molecule has 5 nitrogen and oxygen atoms in total. The van der Waals surface area contributed by atoms with E-state index in [1.54, 1.807) is 6.08 Å². The summed E-state index contributed by atoms with van der Waals surface area (Å²) in [5.74, 6) is -0.146. The van der Waals surface area contributed by atoms with Crippen LogP contribution in [-0.4, -0.2) is 25.6 Å². The molecule has 0 unspecified atom stereocenters. The van der Waals surface area contributed by atoms with Gasteiger partial charge < -0.3 is 9.67 Å². The molecule has 0 fully saturated rings. The summed E-state index contributed by atoms with van der Waals surface area (Å²) in [6.45, 7) is 6.77. The summed E-state index contributed by atoms with van der Waals surface area (Å²) in [4.78, 5) is 19.6. The van der Waals surface area contributed by atoms with Crippen molar-refractivity contribution in [3.05, 3.63) is 29.4 Å². The maximum atomic E-state index is 10.6. The van der Waals surface area contributed by atoms with Crippen molar-refractivity contribution in [2.75, 3.05) is 0 Å². The van der Waals surface area contributed by atoms with Gasteiger partial charge in [0.05, 0.1) is 5.69 Å². The van der Waals surface area contributed by atoms with E-state index in [4.69, 9.17) is 5.11 Å². The Morgan fingerprint density at radius 1 is 1.42 bits per heavy atom. The van der Waals surface area contributed by atoms with Gasteiger partial charge in [0.25, 0.3) is 0 Å². The maximum Gasteiger partial charge on any atom is 0.328 e. The first-order valence-corrected chi connectivity index (χ1v) is 6.34. The van der Waals surface area contributed by atoms with E-state index in [1.807, 2.05) is 31.5 Å². The Hall–Kier alpha value is -2.17. The molecular weight excluding hydrogens is 242 g/mol. The molecule has 0 aliphatic carbocycles. The zero-order valence-electron chi connectivity index (χ0n) is 11.3. The van der Waals surface area contributed by atoms with Crippen molar-refractivity contribution >= 4 is 23.1 Å². The van der Waals surface area contributed by atoms with Gasteiger partial charge in [-0.25, -0.2) is 14.8 Å². The third-order valence-electron chi connectivity index (χ3n) is 3.04. The van der Waals surface area contributed by atoms with Crippen molar-refractivity contribution in [1.29, 1.82) is 0 Å². The largest absolute Gasteiger partial charge is 0.478 e. The fourth-order valence-corrected chi connectivity index (χ4v) is 2.14. The van der Waals surface area contributed by atoms with Crippen molar-refractivity contribution in [3.8, 4) is 0 Å². The quantitative estimate of drug-likeness (QED) is 0.856. The van der Waals surface area contributed by atoms with Crippen LogP contribution in [-0.2, 0) is 17.8 Å². The van der Waals surface area contributed by atoms with Gasteiger partial charge >= 0.3 is 5.97 Å². The van der Waals surface area contributed by atoms with Crippen LogP contribution in [0.1, 0.15) is 30.9 Å². The molecule has 2 heterocycles. The molecule has 2 aromatic heterocycles. The molecule has 0 saturated heterocycles. The third-order valence-corrected chi connectivity index (χ3v) is 3.04. The van der Waals surface area contributed by atoms with Crippen molar-refractivity contribution in [2.45, 2.75) is 33.7 Å². The number of rotatable bonds is 4. The van der Waals surface area contributed by atoms with Crippen LogP contribution in [0.5, 0.6) is 0 Å². The summed E-state index contributed by atoms with van der Waals surface area (Å²) in [6, 6.07) is 0. The number of carboxylic acid groups (broad SMARTS) is 1. The SMILES string of the molecule is CCc1nc(C)c2c(/C=C/C(=O)O)cn(CC)c2n1. The zero-order valence-corrected chi connectivity index (χ0v) is 11.3. The minimum absolute atomic E-state index is 0.784. The fraction of sp³-hybridized carbons (Fsp3) is 0.357. The number of carbonyl (C=O) groups is 1. The van der Waals surface area contributed by atoms with Gasteiger partial charge in [0, 0.05) is 36.2 Å². The number of carboxylic acids is 1. The number of nitrogens with zero attached hydrogens (tertiary/aromatic N) is 3. The predicted octanol–water partition coefficient (Wildman–Crippen LogP) is 2.42. The number of hydrogen-bond acceptors (Lipinski definition) is 3. The third kappa shape index (κ3) is 2.50. The lowest BCUT2D eigenvalue weighted by molar-refractivity contribution is -0.131. The van der Waals surface area contributed by atoms with Crippen LogP contribution >= 0.6 is 0 Å². The molecule has 0 radical (unpaired) electrons. The Balaban J connectivity index is 2.69. The average molecular weight is 259 g/mol. The molecule has 0 aliphatic heterocycles. The second-order valence-electron chi connectivity index (χ2n) is 4.32. The lowest BCUT2D eigenvalue weighted by Crippen LogP contribution is -2.00. The summed E-state index contributed by atoms with van der Waals surface area (Å²) in [5, 5.41) is 9.66. The summed E-state index contributed by atoms with van der Waals surface area (Å²) < 4.78 is 2.02. The minimum atomic E-state index is -0.957. The molecule has 2 rings (SSSR count). The van der Waals surface area contributed by atoms with Gasteiger partial charge in [-0.15, -0.1) is 0 Å². The van der Waals surface area contributed by atoms with Crippen LogP contribution in [0.3, 0.4) is 0 Å². The van der Waals surface area contributed by atoms with E-state index < -0.39 is 5.97 Å². The van der Waals surface area contributed by atoms with E-state index in [9.17, 15) is 4.79 Å². The van der Waals surface area contributed by atoms with Crippen LogP contribution in [0.2, 0.25) is 0 Å². The van der Waals surface area contributed by atoms with E-state index in [-0.39, 0.29) is 0 Å². The Morgan fingerprint density at radius 2 is 2.16 bits per heavy atom. The fourth-order valence-electron chi connectivity index (χ4n) is 2.14. The molecule has 0 amide bonds. The van der Waals surface area contributed by atoms with Crippen molar-refractivity contribution in [3.63, 3.8) is 0 Å². The molecule has 0 bridgehead atoms. The molecule has 5 heteroatoms. The topological polar surface area (TPSA) is 68.0 Å². The Labute approximate surface area is 111 Å². The summed E-state index contributed by atoms with van der Waals surface area (Å²) >= 11 is 0. The van der Waals surface area contributed by atoms with Gasteiger partial charge in [0.1, 0.15) is 11.5 Å².